The third kappa shape index (κ3) is 4.85. The molecule has 1 saturated heterocycles. The molecule has 1 heterocycles. The fraction of sp³-hybridized carbons (Fsp3) is 0.148. The number of aliphatic hydroxyl groups excluding tert-OH is 1. The van der Waals surface area contributed by atoms with Crippen LogP contribution in [0.3, 0.4) is 0 Å². The van der Waals surface area contributed by atoms with Gasteiger partial charge in [0.05, 0.1) is 36.4 Å². The van der Waals surface area contributed by atoms with E-state index in [4.69, 9.17) is 32.7 Å². The van der Waals surface area contributed by atoms with E-state index in [1.165, 1.54) is 38.2 Å². The maximum Gasteiger partial charge on any atom is 0.300 e. The molecule has 1 unspecified atom stereocenters. The maximum absolute atomic E-state index is 13.5. The quantitative estimate of drug-likeness (QED) is 0.239. The minimum Gasteiger partial charge on any atom is -0.507 e. The molecule has 0 spiro atoms. The molecule has 3 aromatic carbocycles. The number of aliphatic hydroxyl groups is 1. The van der Waals surface area contributed by atoms with Crippen LogP contribution in [0.15, 0.2) is 66.2 Å². The normalized spacial score (nSPS) is 16.6. The number of ketones is 1. The first-order chi connectivity index (χ1) is 17.7. The minimum absolute atomic E-state index is 0.0462. The molecule has 190 valence electrons. The molecule has 3 aromatic rings. The summed E-state index contributed by atoms with van der Waals surface area (Å²) in [4.78, 5) is 39.8. The minimum atomic E-state index is -1.09. The summed E-state index contributed by atoms with van der Waals surface area (Å²) in [5.74, 6) is -2.16. The first-order valence-corrected chi connectivity index (χ1v) is 11.8. The zero-order chi connectivity index (χ0) is 26.9. The zero-order valence-corrected chi connectivity index (χ0v) is 21.6. The average molecular weight is 541 g/mol. The maximum atomic E-state index is 13.5. The van der Waals surface area contributed by atoms with Crippen LogP contribution in [0.2, 0.25) is 10.0 Å². The second-order valence-electron chi connectivity index (χ2n) is 8.11. The van der Waals surface area contributed by atoms with Crippen LogP contribution in [-0.2, 0) is 14.4 Å². The largest absolute Gasteiger partial charge is 0.507 e. The first kappa shape index (κ1) is 26.1. The third-order valence-corrected chi connectivity index (χ3v) is 6.29. The molecule has 0 radical (unpaired) electrons. The molecule has 1 atom stereocenters. The highest BCUT2D eigenvalue weighted by atomic mass is 35.5. The number of amides is 2. The SMILES string of the molecule is COc1ccccc1C1/C(=C(\O)c2cc(Cl)cc(Cl)c2OC)C(=O)C(=O)N1c1cccc(NC(C)=O)c1. The van der Waals surface area contributed by atoms with Gasteiger partial charge in [-0.25, -0.2) is 0 Å². The number of halogens is 2. The van der Waals surface area contributed by atoms with Crippen molar-refractivity contribution in [2.45, 2.75) is 13.0 Å². The number of ether oxygens (including phenoxy) is 2. The predicted molar refractivity (Wildman–Crippen MR) is 142 cm³/mol. The van der Waals surface area contributed by atoms with Crippen molar-refractivity contribution in [3.63, 3.8) is 0 Å². The van der Waals surface area contributed by atoms with Crippen molar-refractivity contribution in [3.8, 4) is 11.5 Å². The summed E-state index contributed by atoms with van der Waals surface area (Å²) in [6, 6.07) is 15.0. The molecule has 1 aliphatic heterocycles. The number of anilines is 2. The van der Waals surface area contributed by atoms with Crippen molar-refractivity contribution in [2.24, 2.45) is 0 Å². The van der Waals surface area contributed by atoms with Gasteiger partial charge in [0.15, 0.2) is 0 Å². The topological polar surface area (TPSA) is 105 Å². The van der Waals surface area contributed by atoms with E-state index >= 15 is 0 Å². The van der Waals surface area contributed by atoms with Gasteiger partial charge in [-0.2, -0.15) is 0 Å². The van der Waals surface area contributed by atoms with Gasteiger partial charge in [0.25, 0.3) is 11.7 Å². The number of hydrogen-bond donors (Lipinski definition) is 2. The zero-order valence-electron chi connectivity index (χ0n) is 20.0. The highest BCUT2D eigenvalue weighted by Crippen LogP contribution is 2.47. The Balaban J connectivity index is 2.02. The summed E-state index contributed by atoms with van der Waals surface area (Å²) in [7, 11) is 2.82. The number of rotatable bonds is 6. The Bertz CT molecular complexity index is 1450. The third-order valence-electron chi connectivity index (χ3n) is 5.79. The summed E-state index contributed by atoms with van der Waals surface area (Å²) in [5.41, 5.74) is 1.03. The lowest BCUT2D eigenvalue weighted by Gasteiger charge is -2.27. The molecule has 0 aromatic heterocycles. The van der Waals surface area contributed by atoms with Crippen LogP contribution in [0.1, 0.15) is 24.1 Å². The van der Waals surface area contributed by atoms with E-state index < -0.39 is 23.5 Å². The molecule has 4 rings (SSSR count). The number of Topliss-reactive ketones (excluding diaryl/α,β-unsaturated/α-hetero) is 1. The number of carbonyl (C=O) groups is 3. The highest BCUT2D eigenvalue weighted by Gasteiger charge is 2.48. The number of methoxy groups -OCH3 is 2. The number of nitrogens with zero attached hydrogens (tertiary/aromatic N) is 1. The number of carbonyl (C=O) groups excluding carboxylic acids is 3. The molecule has 37 heavy (non-hydrogen) atoms. The van der Waals surface area contributed by atoms with Gasteiger partial charge in [-0.15, -0.1) is 0 Å². The summed E-state index contributed by atoms with van der Waals surface area (Å²) in [6.45, 7) is 1.36. The lowest BCUT2D eigenvalue weighted by molar-refractivity contribution is -0.132. The van der Waals surface area contributed by atoms with Crippen LogP contribution in [0.25, 0.3) is 5.76 Å². The second kappa shape index (κ2) is 10.5. The number of nitrogens with one attached hydrogen (secondary N) is 1. The Morgan fingerprint density at radius 3 is 2.41 bits per heavy atom. The molecule has 0 aliphatic carbocycles. The standard InChI is InChI=1S/C27H22Cl2N2O6/c1-14(32)30-16-7-6-8-17(13-16)31-23(18-9-4-5-10-21(18)36-2)22(25(34)27(31)35)24(33)19-11-15(28)12-20(29)26(19)37-3/h4-13,23,33H,1-3H3,(H,30,32)/b24-22+. The van der Waals surface area contributed by atoms with Crippen LogP contribution in [0.4, 0.5) is 11.4 Å². The molecule has 10 heteroatoms. The summed E-state index contributed by atoms with van der Waals surface area (Å²) in [5, 5.41) is 14.5. The monoisotopic (exact) mass is 540 g/mol. The van der Waals surface area contributed by atoms with Gasteiger partial charge < -0.3 is 19.9 Å². The van der Waals surface area contributed by atoms with Gasteiger partial charge in [-0.05, 0) is 36.4 Å². The van der Waals surface area contributed by atoms with Crippen LogP contribution >= 0.6 is 23.2 Å². The van der Waals surface area contributed by atoms with Crippen molar-refractivity contribution >= 4 is 57.9 Å². The van der Waals surface area contributed by atoms with E-state index in [0.717, 1.165) is 0 Å². The Labute approximate surface area is 223 Å². The van der Waals surface area contributed by atoms with Gasteiger partial charge in [0.2, 0.25) is 5.91 Å². The average Bonchev–Trinajstić information content (AvgIpc) is 3.13. The van der Waals surface area contributed by atoms with Crippen LogP contribution < -0.4 is 19.7 Å². The van der Waals surface area contributed by atoms with Gasteiger partial charge >= 0.3 is 0 Å². The first-order valence-electron chi connectivity index (χ1n) is 11.0. The summed E-state index contributed by atoms with van der Waals surface area (Å²) < 4.78 is 10.9. The predicted octanol–water partition coefficient (Wildman–Crippen LogP) is 5.60. The summed E-state index contributed by atoms with van der Waals surface area (Å²) in [6.07, 6.45) is 0. The second-order valence-corrected chi connectivity index (χ2v) is 8.95. The Kier molecular flexibility index (Phi) is 7.42. The van der Waals surface area contributed by atoms with Crippen LogP contribution in [0, 0.1) is 0 Å². The van der Waals surface area contributed by atoms with Gasteiger partial charge in [0.1, 0.15) is 17.3 Å². The highest BCUT2D eigenvalue weighted by molar-refractivity contribution is 6.52. The molecule has 1 fully saturated rings. The molecule has 1 aliphatic rings. The van der Waals surface area contributed by atoms with Crippen molar-refractivity contribution in [2.75, 3.05) is 24.4 Å². The Hall–Kier alpha value is -4.01. The number of hydrogen-bond acceptors (Lipinski definition) is 6. The Morgan fingerprint density at radius 2 is 1.73 bits per heavy atom. The molecule has 8 nitrogen and oxygen atoms in total. The van der Waals surface area contributed by atoms with Gasteiger partial charge in [-0.3, -0.25) is 19.3 Å². The number of benzene rings is 3. The fourth-order valence-electron chi connectivity index (χ4n) is 4.31. The van der Waals surface area contributed by atoms with E-state index in [9.17, 15) is 19.5 Å². The van der Waals surface area contributed by atoms with Crippen LogP contribution in [0.5, 0.6) is 11.5 Å². The molecular formula is C27H22Cl2N2O6. The Morgan fingerprint density at radius 1 is 1.00 bits per heavy atom. The van der Waals surface area contributed by atoms with Crippen LogP contribution in [-0.4, -0.2) is 36.9 Å². The van der Waals surface area contributed by atoms with E-state index in [-0.39, 0.29) is 32.8 Å². The van der Waals surface area contributed by atoms with E-state index in [2.05, 4.69) is 5.32 Å². The fourth-order valence-corrected chi connectivity index (χ4v) is 4.88. The number of para-hydroxylation sites is 1. The van der Waals surface area contributed by atoms with E-state index in [1.54, 1.807) is 48.5 Å². The van der Waals surface area contributed by atoms with Crippen molar-refractivity contribution in [1.82, 2.24) is 0 Å². The molecule has 0 saturated carbocycles. The molecule has 2 amide bonds. The molecule has 2 N–H and O–H groups in total. The smallest absolute Gasteiger partial charge is 0.300 e. The molecule has 0 bridgehead atoms. The van der Waals surface area contributed by atoms with Crippen molar-refractivity contribution < 1.29 is 29.0 Å². The summed E-state index contributed by atoms with van der Waals surface area (Å²) >= 11 is 12.5. The van der Waals surface area contributed by atoms with E-state index in [1.807, 2.05) is 0 Å². The van der Waals surface area contributed by atoms with Crippen molar-refractivity contribution in [3.05, 3.63) is 87.4 Å². The van der Waals surface area contributed by atoms with Gasteiger partial charge in [0, 0.05) is 28.9 Å². The lowest BCUT2D eigenvalue weighted by atomic mass is 9.94. The van der Waals surface area contributed by atoms with Crippen molar-refractivity contribution in [1.29, 1.82) is 0 Å². The van der Waals surface area contributed by atoms with Gasteiger partial charge in [-0.1, -0.05) is 47.5 Å². The lowest BCUT2D eigenvalue weighted by Crippen LogP contribution is -2.29. The van der Waals surface area contributed by atoms with E-state index in [0.29, 0.717) is 22.7 Å². The molecular weight excluding hydrogens is 519 g/mol.